The summed E-state index contributed by atoms with van der Waals surface area (Å²) in [4.78, 5) is 33.7. The van der Waals surface area contributed by atoms with Crippen LogP contribution in [0, 0.1) is 5.92 Å². The predicted octanol–water partition coefficient (Wildman–Crippen LogP) is 2.22. The van der Waals surface area contributed by atoms with Crippen molar-refractivity contribution in [3.8, 4) is 0 Å². The van der Waals surface area contributed by atoms with Crippen LogP contribution < -0.4 is 0 Å². The van der Waals surface area contributed by atoms with E-state index in [-0.39, 0.29) is 0 Å². The second kappa shape index (κ2) is 8.20. The van der Waals surface area contributed by atoms with Gasteiger partial charge in [0.25, 0.3) is 5.78 Å². The molecule has 0 amide bonds. The molecule has 1 aliphatic carbocycles. The molecule has 4 nitrogen and oxygen atoms in total. The first-order valence-electron chi connectivity index (χ1n) is 7.40. The van der Waals surface area contributed by atoms with E-state index in [9.17, 15) is 19.5 Å². The fourth-order valence-corrected chi connectivity index (χ4v) is 2.54. The molecule has 1 saturated carbocycles. The third-order valence-electron chi connectivity index (χ3n) is 3.80. The number of hydrogen-bond acceptors (Lipinski definition) is 4. The van der Waals surface area contributed by atoms with Gasteiger partial charge in [0.2, 0.25) is 11.6 Å². The number of carbonyl (C=O) groups excluding carboxylic acids is 3. The predicted molar refractivity (Wildman–Crippen MR) is 71.7 cm³/mol. The van der Waals surface area contributed by atoms with Gasteiger partial charge in [-0.3, -0.25) is 14.4 Å². The fourth-order valence-electron chi connectivity index (χ4n) is 2.54. The van der Waals surface area contributed by atoms with E-state index in [0.29, 0.717) is 6.42 Å². The molecule has 1 N–H and O–H groups in total. The Morgan fingerprint density at radius 3 is 1.84 bits per heavy atom. The van der Waals surface area contributed by atoms with Crippen LogP contribution in [0.15, 0.2) is 0 Å². The van der Waals surface area contributed by atoms with E-state index in [1.54, 1.807) is 0 Å². The van der Waals surface area contributed by atoms with Gasteiger partial charge in [0.05, 0.1) is 5.92 Å². The Labute approximate surface area is 114 Å². The first-order valence-corrected chi connectivity index (χ1v) is 7.40. The highest BCUT2D eigenvalue weighted by Crippen LogP contribution is 2.23. The average molecular weight is 268 g/mol. The molecule has 0 spiro atoms. The van der Waals surface area contributed by atoms with Crippen molar-refractivity contribution >= 4 is 17.3 Å². The summed E-state index contributed by atoms with van der Waals surface area (Å²) in [7, 11) is 0. The Morgan fingerprint density at radius 2 is 1.37 bits per heavy atom. The average Bonchev–Trinajstić information content (AvgIpc) is 2.59. The minimum atomic E-state index is -1.38. The van der Waals surface area contributed by atoms with E-state index in [1.165, 1.54) is 32.1 Å². The molecule has 1 aliphatic rings. The summed E-state index contributed by atoms with van der Waals surface area (Å²) in [5.41, 5.74) is 0. The summed E-state index contributed by atoms with van der Waals surface area (Å²) in [6.45, 7) is 2.19. The van der Waals surface area contributed by atoms with Crippen molar-refractivity contribution in [2.75, 3.05) is 0 Å². The van der Waals surface area contributed by atoms with Crippen LogP contribution in [0.1, 0.15) is 64.7 Å². The lowest BCUT2D eigenvalue weighted by molar-refractivity contribution is -0.141. The standard InChI is InChI=1S/C15H24O4/c1-2-3-4-5-6-7-8-9-10-11-12(16)14(18)15(19)13(11)17/h11-12,16H,2-10H2,1H3. The second-order valence-electron chi connectivity index (χ2n) is 5.37. The zero-order valence-corrected chi connectivity index (χ0v) is 11.7. The number of ketones is 3. The number of aliphatic hydroxyl groups is 1. The molecule has 0 bridgehead atoms. The van der Waals surface area contributed by atoms with Gasteiger partial charge in [0, 0.05) is 0 Å². The summed E-state index contributed by atoms with van der Waals surface area (Å²) in [5, 5.41) is 9.51. The SMILES string of the molecule is CCCCCCCCCCC1C(=O)C(=O)C(=O)C1O. The molecule has 2 atom stereocenters. The van der Waals surface area contributed by atoms with Crippen LogP contribution in [0.5, 0.6) is 0 Å². The van der Waals surface area contributed by atoms with Crippen LogP contribution in [-0.4, -0.2) is 28.6 Å². The third-order valence-corrected chi connectivity index (χ3v) is 3.80. The maximum atomic E-state index is 11.4. The normalized spacial score (nSPS) is 23.4. The van der Waals surface area contributed by atoms with Crippen molar-refractivity contribution in [2.45, 2.75) is 70.8 Å². The van der Waals surface area contributed by atoms with E-state index in [2.05, 4.69) is 6.92 Å². The van der Waals surface area contributed by atoms with E-state index in [1.807, 2.05) is 0 Å². The van der Waals surface area contributed by atoms with Gasteiger partial charge in [-0.25, -0.2) is 0 Å². The first-order chi connectivity index (χ1) is 9.09. The lowest BCUT2D eigenvalue weighted by Gasteiger charge is -2.10. The molecular weight excluding hydrogens is 244 g/mol. The second-order valence-corrected chi connectivity index (χ2v) is 5.37. The molecule has 0 saturated heterocycles. The molecular formula is C15H24O4. The molecule has 2 unspecified atom stereocenters. The lowest BCUT2D eigenvalue weighted by Crippen LogP contribution is -2.23. The highest BCUT2D eigenvalue weighted by Gasteiger charge is 2.47. The number of rotatable bonds is 9. The van der Waals surface area contributed by atoms with Crippen molar-refractivity contribution < 1.29 is 19.5 Å². The Balaban J connectivity index is 2.11. The monoisotopic (exact) mass is 268 g/mol. The van der Waals surface area contributed by atoms with Crippen LogP contribution in [0.4, 0.5) is 0 Å². The topological polar surface area (TPSA) is 71.4 Å². The minimum absolute atomic E-state index is 0.451. The molecule has 0 radical (unpaired) electrons. The highest BCUT2D eigenvalue weighted by molar-refractivity contribution is 6.68. The van der Waals surface area contributed by atoms with Crippen LogP contribution in [0.2, 0.25) is 0 Å². The van der Waals surface area contributed by atoms with Crippen molar-refractivity contribution in [1.82, 2.24) is 0 Å². The van der Waals surface area contributed by atoms with Crippen molar-refractivity contribution in [1.29, 1.82) is 0 Å². The number of aliphatic hydroxyl groups excluding tert-OH is 1. The molecule has 1 rings (SSSR count). The number of hydrogen-bond donors (Lipinski definition) is 1. The zero-order chi connectivity index (χ0) is 14.3. The quantitative estimate of drug-likeness (QED) is 0.514. The Morgan fingerprint density at radius 1 is 0.842 bits per heavy atom. The Bertz CT molecular complexity index is 335. The molecule has 0 aromatic rings. The van der Waals surface area contributed by atoms with Crippen molar-refractivity contribution in [2.24, 2.45) is 5.92 Å². The summed E-state index contributed by atoms with van der Waals surface area (Å²) < 4.78 is 0. The zero-order valence-electron chi connectivity index (χ0n) is 11.7. The summed E-state index contributed by atoms with van der Waals surface area (Å²) in [6.07, 6.45) is 8.21. The molecule has 0 aromatic heterocycles. The molecule has 4 heteroatoms. The maximum absolute atomic E-state index is 11.4. The molecule has 108 valence electrons. The van der Waals surface area contributed by atoms with Crippen LogP contribution in [-0.2, 0) is 14.4 Å². The number of Topliss-reactive ketones (excluding diaryl/α,β-unsaturated/α-hetero) is 3. The van der Waals surface area contributed by atoms with E-state index >= 15 is 0 Å². The highest BCUT2D eigenvalue weighted by atomic mass is 16.3. The van der Waals surface area contributed by atoms with Gasteiger partial charge in [-0.05, 0) is 6.42 Å². The molecule has 1 fully saturated rings. The van der Waals surface area contributed by atoms with E-state index in [4.69, 9.17) is 0 Å². The molecule has 0 aliphatic heterocycles. The van der Waals surface area contributed by atoms with Crippen molar-refractivity contribution in [3.63, 3.8) is 0 Å². The summed E-state index contributed by atoms with van der Waals surface area (Å²) in [5.74, 6) is -3.41. The van der Waals surface area contributed by atoms with E-state index in [0.717, 1.165) is 19.3 Å². The Hall–Kier alpha value is -1.03. The number of unbranched alkanes of at least 4 members (excludes halogenated alkanes) is 7. The largest absolute Gasteiger partial charge is 0.384 e. The summed E-state index contributed by atoms with van der Waals surface area (Å²) in [6, 6.07) is 0. The number of carbonyl (C=O) groups is 3. The summed E-state index contributed by atoms with van der Waals surface area (Å²) >= 11 is 0. The van der Waals surface area contributed by atoms with Gasteiger partial charge in [-0.2, -0.15) is 0 Å². The third kappa shape index (κ3) is 4.53. The van der Waals surface area contributed by atoms with E-state index < -0.39 is 29.4 Å². The van der Waals surface area contributed by atoms with Gasteiger partial charge >= 0.3 is 0 Å². The van der Waals surface area contributed by atoms with Gasteiger partial charge in [-0.1, -0.05) is 58.3 Å². The smallest absolute Gasteiger partial charge is 0.267 e. The maximum Gasteiger partial charge on any atom is 0.267 e. The van der Waals surface area contributed by atoms with Gasteiger partial charge < -0.3 is 5.11 Å². The van der Waals surface area contributed by atoms with Crippen LogP contribution in [0.25, 0.3) is 0 Å². The van der Waals surface area contributed by atoms with Gasteiger partial charge in [0.1, 0.15) is 6.10 Å². The van der Waals surface area contributed by atoms with Gasteiger partial charge in [-0.15, -0.1) is 0 Å². The van der Waals surface area contributed by atoms with Crippen LogP contribution in [0.3, 0.4) is 0 Å². The van der Waals surface area contributed by atoms with Gasteiger partial charge in [0.15, 0.2) is 0 Å². The molecule has 0 heterocycles. The Kier molecular flexibility index (Phi) is 6.92. The van der Waals surface area contributed by atoms with Crippen molar-refractivity contribution in [3.05, 3.63) is 0 Å². The minimum Gasteiger partial charge on any atom is -0.384 e. The lowest BCUT2D eigenvalue weighted by atomic mass is 9.96. The molecule has 0 aromatic carbocycles. The first kappa shape index (κ1) is 16.0. The van der Waals surface area contributed by atoms with Crippen LogP contribution >= 0.6 is 0 Å². The fraction of sp³-hybridized carbons (Fsp3) is 0.800. The molecule has 19 heavy (non-hydrogen) atoms.